The first-order chi connectivity index (χ1) is 14.4. The van der Waals surface area contributed by atoms with Crippen molar-refractivity contribution in [2.75, 3.05) is 19.8 Å². The van der Waals surface area contributed by atoms with E-state index in [1.807, 2.05) is 43.5 Å². The Kier molecular flexibility index (Phi) is 5.81. The van der Waals surface area contributed by atoms with Gasteiger partial charge in [0.15, 0.2) is 17.1 Å². The van der Waals surface area contributed by atoms with Crippen molar-refractivity contribution in [3.05, 3.63) is 51.4 Å². The standard InChI is InChI=1S/C22H25ClN4O3/c1-13-10-20-25-14(2)17(15(3)27(20)26-13)4-5-21(28)24-7-6-16-11-18(23)22-19(12-16)29-8-9-30-22/h10-12H,4-9H2,1-3H3,(H,24,28). The maximum Gasteiger partial charge on any atom is 0.220 e. The fraction of sp³-hybridized carbons (Fsp3) is 0.409. The summed E-state index contributed by atoms with van der Waals surface area (Å²) in [6, 6.07) is 5.74. The van der Waals surface area contributed by atoms with Gasteiger partial charge in [0.2, 0.25) is 5.91 Å². The summed E-state index contributed by atoms with van der Waals surface area (Å²) in [5, 5.41) is 8.01. The summed E-state index contributed by atoms with van der Waals surface area (Å²) in [6.45, 7) is 7.50. The lowest BCUT2D eigenvalue weighted by molar-refractivity contribution is -0.121. The first-order valence-electron chi connectivity index (χ1n) is 10.1. The predicted octanol–water partition coefficient (Wildman–Crippen LogP) is 3.37. The Morgan fingerprint density at radius 1 is 1.17 bits per heavy atom. The van der Waals surface area contributed by atoms with Gasteiger partial charge in [-0.05, 0) is 56.9 Å². The van der Waals surface area contributed by atoms with Gasteiger partial charge in [0.05, 0.1) is 10.7 Å². The molecule has 4 rings (SSSR count). The molecule has 1 amide bonds. The van der Waals surface area contributed by atoms with Gasteiger partial charge >= 0.3 is 0 Å². The average Bonchev–Trinajstić information content (AvgIpc) is 3.08. The van der Waals surface area contributed by atoms with Gasteiger partial charge < -0.3 is 14.8 Å². The van der Waals surface area contributed by atoms with Crippen LogP contribution in [0.4, 0.5) is 0 Å². The van der Waals surface area contributed by atoms with Crippen LogP contribution in [0.2, 0.25) is 5.02 Å². The third-order valence-electron chi connectivity index (χ3n) is 5.28. The van der Waals surface area contributed by atoms with Crippen molar-refractivity contribution in [1.29, 1.82) is 0 Å². The second-order valence-corrected chi connectivity index (χ2v) is 7.93. The maximum atomic E-state index is 12.4. The molecule has 0 saturated heterocycles. The number of hydrogen-bond donors (Lipinski definition) is 1. The lowest BCUT2D eigenvalue weighted by Gasteiger charge is -2.20. The topological polar surface area (TPSA) is 77.8 Å². The number of fused-ring (bicyclic) bond motifs is 2. The normalized spacial score (nSPS) is 12.9. The molecule has 1 N–H and O–H groups in total. The zero-order chi connectivity index (χ0) is 21.3. The Hall–Kier alpha value is -2.80. The highest BCUT2D eigenvalue weighted by atomic mass is 35.5. The molecule has 0 saturated carbocycles. The molecule has 0 fully saturated rings. The second-order valence-electron chi connectivity index (χ2n) is 7.52. The van der Waals surface area contributed by atoms with Gasteiger partial charge in [-0.2, -0.15) is 5.10 Å². The molecule has 8 heteroatoms. The number of carbonyl (C=O) groups excluding carboxylic acids is 1. The first kappa shape index (κ1) is 20.5. The SMILES string of the molecule is Cc1cc2nc(C)c(CCC(=O)NCCc3cc(Cl)c4c(c3)OCCO4)c(C)n2n1. The van der Waals surface area contributed by atoms with Crippen molar-refractivity contribution in [1.82, 2.24) is 19.9 Å². The van der Waals surface area contributed by atoms with Crippen LogP contribution in [0.15, 0.2) is 18.2 Å². The number of amides is 1. The van der Waals surface area contributed by atoms with Crippen LogP contribution in [0, 0.1) is 20.8 Å². The fourth-order valence-electron chi connectivity index (χ4n) is 3.78. The van der Waals surface area contributed by atoms with Crippen molar-refractivity contribution in [3.63, 3.8) is 0 Å². The molecular weight excluding hydrogens is 404 g/mol. The number of ether oxygens (including phenoxy) is 2. The highest BCUT2D eigenvalue weighted by Gasteiger charge is 2.17. The molecule has 7 nitrogen and oxygen atoms in total. The van der Waals surface area contributed by atoms with Gasteiger partial charge in [-0.3, -0.25) is 4.79 Å². The monoisotopic (exact) mass is 428 g/mol. The lowest BCUT2D eigenvalue weighted by atomic mass is 10.1. The van der Waals surface area contributed by atoms with Gasteiger partial charge in [-0.25, -0.2) is 9.50 Å². The molecule has 30 heavy (non-hydrogen) atoms. The largest absolute Gasteiger partial charge is 0.486 e. The zero-order valence-electron chi connectivity index (χ0n) is 17.4. The predicted molar refractivity (Wildman–Crippen MR) is 115 cm³/mol. The summed E-state index contributed by atoms with van der Waals surface area (Å²) in [6.07, 6.45) is 1.69. The smallest absolute Gasteiger partial charge is 0.220 e. The number of carbonyl (C=O) groups is 1. The van der Waals surface area contributed by atoms with Crippen molar-refractivity contribution >= 4 is 23.2 Å². The van der Waals surface area contributed by atoms with Gasteiger partial charge in [-0.15, -0.1) is 0 Å². The van der Waals surface area contributed by atoms with Crippen LogP contribution < -0.4 is 14.8 Å². The zero-order valence-corrected chi connectivity index (χ0v) is 18.2. The Balaban J connectivity index is 1.33. The van der Waals surface area contributed by atoms with E-state index < -0.39 is 0 Å². The van der Waals surface area contributed by atoms with E-state index in [2.05, 4.69) is 15.4 Å². The van der Waals surface area contributed by atoms with Gasteiger partial charge in [-0.1, -0.05) is 11.6 Å². The van der Waals surface area contributed by atoms with Crippen LogP contribution in [0.25, 0.3) is 5.65 Å². The van der Waals surface area contributed by atoms with E-state index in [1.54, 1.807) is 0 Å². The van der Waals surface area contributed by atoms with Crippen molar-refractivity contribution in [2.45, 2.75) is 40.0 Å². The molecule has 1 aliphatic rings. The number of nitrogens with one attached hydrogen (secondary N) is 1. The molecular formula is C22H25ClN4O3. The first-order valence-corrected chi connectivity index (χ1v) is 10.5. The van der Waals surface area contributed by atoms with Crippen molar-refractivity contribution in [2.24, 2.45) is 0 Å². The number of rotatable bonds is 6. The Bertz CT molecular complexity index is 1110. The minimum absolute atomic E-state index is 0.00850. The molecule has 3 heterocycles. The number of aryl methyl sites for hydroxylation is 3. The minimum atomic E-state index is 0.00850. The third-order valence-corrected chi connectivity index (χ3v) is 5.56. The molecule has 0 aliphatic carbocycles. The quantitative estimate of drug-likeness (QED) is 0.651. The summed E-state index contributed by atoms with van der Waals surface area (Å²) >= 11 is 6.27. The average molecular weight is 429 g/mol. The van der Waals surface area contributed by atoms with Gasteiger partial charge in [0.1, 0.15) is 13.2 Å². The van der Waals surface area contributed by atoms with E-state index in [4.69, 9.17) is 21.1 Å². The third kappa shape index (κ3) is 4.21. The summed E-state index contributed by atoms with van der Waals surface area (Å²) in [7, 11) is 0. The van der Waals surface area contributed by atoms with E-state index in [1.165, 1.54) is 0 Å². The molecule has 0 radical (unpaired) electrons. The Morgan fingerprint density at radius 3 is 2.80 bits per heavy atom. The number of halogens is 1. The maximum absolute atomic E-state index is 12.4. The second kappa shape index (κ2) is 8.52. The molecule has 0 bridgehead atoms. The van der Waals surface area contributed by atoms with Crippen LogP contribution in [0.1, 0.15) is 34.6 Å². The van der Waals surface area contributed by atoms with E-state index in [0.717, 1.165) is 33.9 Å². The number of hydrogen-bond acceptors (Lipinski definition) is 5. The van der Waals surface area contributed by atoms with Crippen LogP contribution in [-0.2, 0) is 17.6 Å². The number of nitrogens with zero attached hydrogens (tertiary/aromatic N) is 3. The number of benzene rings is 1. The van der Waals surface area contributed by atoms with Crippen LogP contribution in [0.3, 0.4) is 0 Å². The van der Waals surface area contributed by atoms with E-state index >= 15 is 0 Å². The molecule has 3 aromatic rings. The van der Waals surface area contributed by atoms with E-state index in [0.29, 0.717) is 55.5 Å². The van der Waals surface area contributed by atoms with E-state index in [-0.39, 0.29) is 5.91 Å². The summed E-state index contributed by atoms with van der Waals surface area (Å²) in [5.41, 5.74) is 5.81. The Labute approximate surface area is 180 Å². The van der Waals surface area contributed by atoms with Crippen molar-refractivity contribution in [3.8, 4) is 11.5 Å². The Morgan fingerprint density at radius 2 is 1.97 bits per heavy atom. The van der Waals surface area contributed by atoms with Crippen LogP contribution in [-0.4, -0.2) is 40.3 Å². The summed E-state index contributed by atoms with van der Waals surface area (Å²) in [5.74, 6) is 1.27. The van der Waals surface area contributed by atoms with Crippen molar-refractivity contribution < 1.29 is 14.3 Å². The molecule has 0 unspecified atom stereocenters. The fourth-order valence-corrected chi connectivity index (χ4v) is 4.07. The summed E-state index contributed by atoms with van der Waals surface area (Å²) < 4.78 is 13.0. The lowest BCUT2D eigenvalue weighted by Crippen LogP contribution is -2.26. The minimum Gasteiger partial charge on any atom is -0.486 e. The molecule has 1 aromatic carbocycles. The number of aromatic nitrogens is 3. The van der Waals surface area contributed by atoms with Crippen LogP contribution in [0.5, 0.6) is 11.5 Å². The molecule has 0 atom stereocenters. The molecule has 1 aliphatic heterocycles. The molecule has 0 spiro atoms. The molecule has 2 aromatic heterocycles. The highest BCUT2D eigenvalue weighted by Crippen LogP contribution is 2.38. The highest BCUT2D eigenvalue weighted by molar-refractivity contribution is 6.32. The van der Waals surface area contributed by atoms with E-state index in [9.17, 15) is 4.79 Å². The molecule has 158 valence electrons. The van der Waals surface area contributed by atoms with Gasteiger partial charge in [0.25, 0.3) is 0 Å². The summed E-state index contributed by atoms with van der Waals surface area (Å²) in [4.78, 5) is 17.0. The van der Waals surface area contributed by atoms with Gasteiger partial charge in [0, 0.05) is 30.4 Å². The van der Waals surface area contributed by atoms with Crippen LogP contribution >= 0.6 is 11.6 Å².